The third-order valence-corrected chi connectivity index (χ3v) is 2.82. The van der Waals surface area contributed by atoms with Crippen LogP contribution in [0.4, 0.5) is 0 Å². The summed E-state index contributed by atoms with van der Waals surface area (Å²) < 4.78 is 14.9. The average molecular weight is 239 g/mol. The fourth-order valence-corrected chi connectivity index (χ4v) is 1.46. The Balaban J connectivity index is 2.66. The number of nitrogens with one attached hydrogen (secondary N) is 1. The summed E-state index contributed by atoms with van der Waals surface area (Å²) in [5, 5.41) is 2.45. The van der Waals surface area contributed by atoms with Crippen molar-refractivity contribution in [1.82, 2.24) is 5.32 Å². The Labute approximate surface area is 97.7 Å². The number of amides is 1. The van der Waals surface area contributed by atoms with Crippen LogP contribution in [0.5, 0.6) is 0 Å². The van der Waals surface area contributed by atoms with Gasteiger partial charge in [-0.15, -0.1) is 0 Å². The molecule has 86 valence electrons. The summed E-state index contributed by atoms with van der Waals surface area (Å²) in [4.78, 5) is 11.6. The molecule has 0 aromatic heterocycles. The Morgan fingerprint density at radius 1 is 1.44 bits per heavy atom. The van der Waals surface area contributed by atoms with E-state index in [1.165, 1.54) is 0 Å². The zero-order chi connectivity index (χ0) is 12.1. The van der Waals surface area contributed by atoms with E-state index in [-0.39, 0.29) is 11.8 Å². The lowest BCUT2D eigenvalue weighted by molar-refractivity contribution is 0.0959. The topological polar surface area (TPSA) is 55.4 Å². The summed E-state index contributed by atoms with van der Waals surface area (Å²) >= 11 is -1.69. The van der Waals surface area contributed by atoms with Crippen LogP contribution in [0.2, 0.25) is 0 Å². The standard InChI is InChI=1S/C11H13NO3S/c1-8-4-5-10(6-9(8)2)11(13)12-7-16(14)15-3/h3-6H,7H2,1-2H3,(H,12,13). The van der Waals surface area contributed by atoms with E-state index in [0.29, 0.717) is 5.56 Å². The molecule has 0 aliphatic carbocycles. The molecule has 0 saturated heterocycles. The number of benzene rings is 1. The number of hydrogen-bond acceptors (Lipinski definition) is 3. The molecule has 1 aromatic carbocycles. The Kier molecular flexibility index (Phi) is 4.64. The average Bonchev–Trinajstić information content (AvgIpc) is 2.29. The third kappa shape index (κ3) is 3.43. The molecule has 1 rings (SSSR count). The van der Waals surface area contributed by atoms with Crippen molar-refractivity contribution in [2.45, 2.75) is 13.8 Å². The predicted molar refractivity (Wildman–Crippen MR) is 61.8 cm³/mol. The van der Waals surface area contributed by atoms with Gasteiger partial charge < -0.3 is 5.32 Å². The first-order valence-electron chi connectivity index (χ1n) is 4.65. The van der Waals surface area contributed by atoms with Crippen molar-refractivity contribution in [3.05, 3.63) is 42.0 Å². The molecule has 0 aliphatic heterocycles. The summed E-state index contributed by atoms with van der Waals surface area (Å²) in [7, 11) is 4.69. The van der Waals surface area contributed by atoms with E-state index in [4.69, 9.17) is 0 Å². The van der Waals surface area contributed by atoms with E-state index in [0.717, 1.165) is 11.1 Å². The molecule has 2 radical (unpaired) electrons. The second-order valence-electron chi connectivity index (χ2n) is 3.35. The largest absolute Gasteiger partial charge is 0.338 e. The van der Waals surface area contributed by atoms with Gasteiger partial charge in [-0.2, -0.15) is 0 Å². The van der Waals surface area contributed by atoms with Crippen molar-refractivity contribution in [2.75, 3.05) is 5.88 Å². The van der Waals surface area contributed by atoms with Gasteiger partial charge in [-0.25, -0.2) is 4.21 Å². The third-order valence-electron chi connectivity index (χ3n) is 2.23. The van der Waals surface area contributed by atoms with Gasteiger partial charge in [0.2, 0.25) is 0 Å². The van der Waals surface area contributed by atoms with Crippen LogP contribution in [0.1, 0.15) is 21.5 Å². The van der Waals surface area contributed by atoms with E-state index >= 15 is 0 Å². The first-order valence-corrected chi connectivity index (χ1v) is 5.90. The molecule has 5 heteroatoms. The number of rotatable bonds is 4. The summed E-state index contributed by atoms with van der Waals surface area (Å²) in [5.41, 5.74) is 2.67. The Morgan fingerprint density at radius 2 is 2.12 bits per heavy atom. The number of carbonyl (C=O) groups excluding carboxylic acids is 1. The van der Waals surface area contributed by atoms with Crippen molar-refractivity contribution in [1.29, 1.82) is 0 Å². The van der Waals surface area contributed by atoms with E-state index < -0.39 is 11.1 Å². The summed E-state index contributed by atoms with van der Waals surface area (Å²) in [5.74, 6) is -0.420. The zero-order valence-corrected chi connectivity index (χ0v) is 9.97. The van der Waals surface area contributed by atoms with Gasteiger partial charge in [-0.1, -0.05) is 6.07 Å². The SMILES string of the molecule is [CH]OS(=O)CNC(=O)c1ccc(C)c(C)c1. The van der Waals surface area contributed by atoms with Gasteiger partial charge in [0, 0.05) is 5.56 Å². The van der Waals surface area contributed by atoms with E-state index in [1.807, 2.05) is 19.9 Å². The van der Waals surface area contributed by atoms with Gasteiger partial charge in [0.15, 0.2) is 11.1 Å². The molecule has 1 amide bonds. The van der Waals surface area contributed by atoms with Crippen molar-refractivity contribution in [3.8, 4) is 0 Å². The molecule has 1 N–H and O–H groups in total. The monoisotopic (exact) mass is 239 g/mol. The smallest absolute Gasteiger partial charge is 0.252 e. The molecular formula is C11H13NO3S. The van der Waals surface area contributed by atoms with E-state index in [1.54, 1.807) is 12.1 Å². The molecule has 16 heavy (non-hydrogen) atoms. The lowest BCUT2D eigenvalue weighted by Crippen LogP contribution is -2.27. The summed E-state index contributed by atoms with van der Waals surface area (Å²) in [6, 6.07) is 5.35. The normalized spacial score (nSPS) is 12.2. The fourth-order valence-electron chi connectivity index (χ4n) is 1.14. The fraction of sp³-hybridized carbons (Fsp3) is 0.273. The maximum atomic E-state index is 11.6. The van der Waals surface area contributed by atoms with Crippen LogP contribution in [0.3, 0.4) is 0 Å². The van der Waals surface area contributed by atoms with Gasteiger partial charge >= 0.3 is 0 Å². The van der Waals surface area contributed by atoms with Crippen LogP contribution in [0.15, 0.2) is 18.2 Å². The van der Waals surface area contributed by atoms with Gasteiger partial charge in [0.05, 0.1) is 0 Å². The molecule has 4 nitrogen and oxygen atoms in total. The second-order valence-corrected chi connectivity index (χ2v) is 4.44. The van der Waals surface area contributed by atoms with Gasteiger partial charge in [0.1, 0.15) is 13.0 Å². The highest BCUT2D eigenvalue weighted by molar-refractivity contribution is 7.80. The van der Waals surface area contributed by atoms with Crippen LogP contribution in [0.25, 0.3) is 0 Å². The molecule has 1 aromatic rings. The molecule has 0 spiro atoms. The zero-order valence-electron chi connectivity index (χ0n) is 9.15. The van der Waals surface area contributed by atoms with Crippen molar-refractivity contribution < 1.29 is 13.2 Å². The Bertz CT molecular complexity index is 418. The molecule has 0 fully saturated rings. The quantitative estimate of drug-likeness (QED) is 0.862. The lowest BCUT2D eigenvalue weighted by Gasteiger charge is -2.06. The van der Waals surface area contributed by atoms with Gasteiger partial charge in [-0.3, -0.25) is 8.98 Å². The minimum absolute atomic E-state index is 0.123. The molecule has 0 saturated carbocycles. The lowest BCUT2D eigenvalue weighted by atomic mass is 10.1. The maximum absolute atomic E-state index is 11.6. The molecule has 0 bridgehead atoms. The number of hydrogen-bond donors (Lipinski definition) is 1. The highest BCUT2D eigenvalue weighted by Crippen LogP contribution is 2.09. The maximum Gasteiger partial charge on any atom is 0.252 e. The van der Waals surface area contributed by atoms with Crippen LogP contribution < -0.4 is 5.32 Å². The Morgan fingerprint density at radius 3 is 2.69 bits per heavy atom. The minimum Gasteiger partial charge on any atom is -0.338 e. The molecule has 1 unspecified atom stereocenters. The number of aryl methyl sites for hydroxylation is 2. The van der Waals surface area contributed by atoms with Crippen molar-refractivity contribution >= 4 is 17.0 Å². The second kappa shape index (κ2) is 5.77. The molecule has 1 atom stereocenters. The van der Waals surface area contributed by atoms with Gasteiger partial charge in [-0.05, 0) is 37.1 Å². The highest BCUT2D eigenvalue weighted by Gasteiger charge is 2.07. The van der Waals surface area contributed by atoms with Crippen LogP contribution >= 0.6 is 0 Å². The predicted octanol–water partition coefficient (Wildman–Crippen LogP) is 1.34. The van der Waals surface area contributed by atoms with Gasteiger partial charge in [0.25, 0.3) is 5.91 Å². The highest BCUT2D eigenvalue weighted by atomic mass is 32.2. The van der Waals surface area contributed by atoms with Crippen LogP contribution in [-0.4, -0.2) is 16.0 Å². The van der Waals surface area contributed by atoms with E-state index in [9.17, 15) is 9.00 Å². The molecular weight excluding hydrogens is 226 g/mol. The van der Waals surface area contributed by atoms with Crippen molar-refractivity contribution in [2.24, 2.45) is 0 Å². The van der Waals surface area contributed by atoms with Crippen LogP contribution in [0, 0.1) is 21.0 Å². The summed E-state index contributed by atoms with van der Waals surface area (Å²) in [6.45, 7) is 3.89. The minimum atomic E-state index is -1.69. The van der Waals surface area contributed by atoms with Crippen LogP contribution in [-0.2, 0) is 15.3 Å². The molecule has 0 heterocycles. The Hall–Kier alpha value is -1.20. The number of carbonyl (C=O) groups is 1. The first kappa shape index (κ1) is 12.9. The van der Waals surface area contributed by atoms with E-state index in [2.05, 4.69) is 16.6 Å². The first-order chi connectivity index (χ1) is 7.54. The van der Waals surface area contributed by atoms with Crippen molar-refractivity contribution in [3.63, 3.8) is 0 Å². The molecule has 0 aliphatic rings. The summed E-state index contributed by atoms with van der Waals surface area (Å²) in [6.07, 6.45) is 0.